The number of hydrogen-bond acceptors (Lipinski definition) is 3. The minimum absolute atomic E-state index is 0.159. The van der Waals surface area contributed by atoms with Gasteiger partial charge in [0, 0.05) is 10.6 Å². The topological polar surface area (TPSA) is 77.8 Å². The molecule has 3 aromatic rings. The molecule has 3 N–H and O–H groups in total. The number of hydrogen-bond donors (Lipinski definition) is 3. The van der Waals surface area contributed by atoms with Crippen LogP contribution in [0.2, 0.25) is 0 Å². The summed E-state index contributed by atoms with van der Waals surface area (Å²) in [7, 11) is 0. The van der Waals surface area contributed by atoms with E-state index in [0.717, 1.165) is 10.6 Å². The van der Waals surface area contributed by atoms with Crippen LogP contribution in [0.25, 0.3) is 11.0 Å². The average Bonchev–Trinajstić information content (AvgIpc) is 2.87. The first-order valence-corrected chi connectivity index (χ1v) is 7.91. The Morgan fingerprint density at radius 2 is 1.91 bits per heavy atom. The van der Waals surface area contributed by atoms with Crippen LogP contribution in [0.1, 0.15) is 17.3 Å². The van der Waals surface area contributed by atoms with Crippen LogP contribution in [-0.4, -0.2) is 21.6 Å². The van der Waals surface area contributed by atoms with E-state index in [4.69, 9.17) is 0 Å². The molecule has 1 heterocycles. The summed E-state index contributed by atoms with van der Waals surface area (Å²) in [4.78, 5) is 30.0. The highest BCUT2D eigenvalue weighted by Crippen LogP contribution is 2.23. The predicted octanol–water partition coefficient (Wildman–Crippen LogP) is 3.22. The van der Waals surface area contributed by atoms with Gasteiger partial charge in [0.1, 0.15) is 0 Å². The fraction of sp³-hybridized carbons (Fsp3) is 0.125. The van der Waals surface area contributed by atoms with E-state index in [9.17, 15) is 9.59 Å². The maximum Gasteiger partial charge on any atom is 0.323 e. The molecule has 0 spiro atoms. The first-order valence-electron chi connectivity index (χ1n) is 6.92. The lowest BCUT2D eigenvalue weighted by molar-refractivity contribution is 0.102. The Morgan fingerprint density at radius 3 is 2.73 bits per heavy atom. The molecular formula is C16H15N3O2S. The number of nitrogens with one attached hydrogen (secondary N) is 3. The zero-order chi connectivity index (χ0) is 15.5. The van der Waals surface area contributed by atoms with E-state index in [1.165, 1.54) is 0 Å². The molecule has 0 fully saturated rings. The van der Waals surface area contributed by atoms with Crippen molar-refractivity contribution in [3.63, 3.8) is 0 Å². The van der Waals surface area contributed by atoms with Crippen LogP contribution in [0.15, 0.2) is 52.2 Å². The summed E-state index contributed by atoms with van der Waals surface area (Å²) >= 11 is 1.63. The van der Waals surface area contributed by atoms with Gasteiger partial charge in [0.2, 0.25) is 0 Å². The third-order valence-electron chi connectivity index (χ3n) is 3.21. The number of carbonyl (C=O) groups is 1. The summed E-state index contributed by atoms with van der Waals surface area (Å²) in [5.74, 6) is 0.745. The molecular weight excluding hydrogens is 298 g/mol. The maximum absolute atomic E-state index is 12.4. The lowest BCUT2D eigenvalue weighted by atomic mass is 10.2. The molecule has 112 valence electrons. The van der Waals surface area contributed by atoms with E-state index < -0.39 is 0 Å². The smallest absolute Gasteiger partial charge is 0.322 e. The Hall–Kier alpha value is -2.47. The Balaban J connectivity index is 1.87. The highest BCUT2D eigenvalue weighted by atomic mass is 32.2. The van der Waals surface area contributed by atoms with Gasteiger partial charge in [-0.3, -0.25) is 4.79 Å². The fourth-order valence-corrected chi connectivity index (χ4v) is 3.05. The van der Waals surface area contributed by atoms with E-state index in [1.807, 2.05) is 24.3 Å². The van der Waals surface area contributed by atoms with Crippen molar-refractivity contribution < 1.29 is 4.79 Å². The number of thioether (sulfide) groups is 1. The van der Waals surface area contributed by atoms with E-state index in [0.29, 0.717) is 22.3 Å². The molecule has 2 aromatic carbocycles. The molecule has 0 aliphatic heterocycles. The molecule has 0 saturated heterocycles. The average molecular weight is 313 g/mol. The Kier molecular flexibility index (Phi) is 4.02. The van der Waals surface area contributed by atoms with Crippen LogP contribution in [-0.2, 0) is 0 Å². The van der Waals surface area contributed by atoms with E-state index in [2.05, 4.69) is 22.2 Å². The molecule has 0 unspecified atom stereocenters. The molecule has 0 atom stereocenters. The van der Waals surface area contributed by atoms with Gasteiger partial charge in [0.15, 0.2) is 0 Å². The quantitative estimate of drug-likeness (QED) is 0.647. The third-order valence-corrected chi connectivity index (χ3v) is 4.16. The van der Waals surface area contributed by atoms with E-state index in [-0.39, 0.29) is 11.6 Å². The van der Waals surface area contributed by atoms with Gasteiger partial charge in [-0.2, -0.15) is 0 Å². The molecule has 0 radical (unpaired) electrons. The Bertz CT molecular complexity index is 882. The lowest BCUT2D eigenvalue weighted by Gasteiger charge is -2.09. The van der Waals surface area contributed by atoms with Crippen LogP contribution < -0.4 is 11.0 Å². The number of anilines is 1. The molecule has 0 saturated carbocycles. The number of fused-ring (bicyclic) bond motifs is 1. The van der Waals surface area contributed by atoms with Crippen LogP contribution in [0, 0.1) is 0 Å². The Labute approximate surface area is 131 Å². The molecule has 0 aliphatic carbocycles. The number of aromatic nitrogens is 2. The number of imidazole rings is 1. The van der Waals surface area contributed by atoms with Crippen molar-refractivity contribution in [1.29, 1.82) is 0 Å². The van der Waals surface area contributed by atoms with Gasteiger partial charge in [-0.15, -0.1) is 11.8 Å². The summed E-state index contributed by atoms with van der Waals surface area (Å²) in [5.41, 5.74) is 2.41. The zero-order valence-electron chi connectivity index (χ0n) is 12.0. The summed E-state index contributed by atoms with van der Waals surface area (Å²) < 4.78 is 0. The predicted molar refractivity (Wildman–Crippen MR) is 89.7 cm³/mol. The zero-order valence-corrected chi connectivity index (χ0v) is 12.8. The molecule has 0 aliphatic rings. The number of amides is 1. The van der Waals surface area contributed by atoms with Crippen molar-refractivity contribution in [3.8, 4) is 0 Å². The van der Waals surface area contributed by atoms with Gasteiger partial charge >= 0.3 is 5.69 Å². The second kappa shape index (κ2) is 6.11. The number of rotatable bonds is 4. The molecule has 1 amide bonds. The third kappa shape index (κ3) is 2.92. The molecule has 6 heteroatoms. The van der Waals surface area contributed by atoms with Gasteiger partial charge in [-0.05, 0) is 36.1 Å². The first kappa shape index (κ1) is 14.5. The van der Waals surface area contributed by atoms with Crippen molar-refractivity contribution >= 4 is 34.4 Å². The van der Waals surface area contributed by atoms with Crippen LogP contribution in [0.4, 0.5) is 5.69 Å². The van der Waals surface area contributed by atoms with E-state index in [1.54, 1.807) is 30.0 Å². The number of benzene rings is 2. The van der Waals surface area contributed by atoms with Crippen molar-refractivity contribution in [1.82, 2.24) is 9.97 Å². The van der Waals surface area contributed by atoms with Gasteiger partial charge < -0.3 is 15.3 Å². The fourth-order valence-electron chi connectivity index (χ4n) is 2.24. The Morgan fingerprint density at radius 1 is 1.14 bits per heavy atom. The van der Waals surface area contributed by atoms with Crippen molar-refractivity contribution in [3.05, 3.63) is 58.5 Å². The van der Waals surface area contributed by atoms with E-state index >= 15 is 0 Å². The summed E-state index contributed by atoms with van der Waals surface area (Å²) in [6.07, 6.45) is 0. The summed E-state index contributed by atoms with van der Waals surface area (Å²) in [6.45, 7) is 2.05. The van der Waals surface area contributed by atoms with Crippen molar-refractivity contribution in [2.24, 2.45) is 0 Å². The highest BCUT2D eigenvalue weighted by Gasteiger charge is 2.11. The maximum atomic E-state index is 12.4. The largest absolute Gasteiger partial charge is 0.323 e. The minimum Gasteiger partial charge on any atom is -0.322 e. The second-order valence-electron chi connectivity index (χ2n) is 4.72. The summed E-state index contributed by atoms with van der Waals surface area (Å²) in [6, 6.07) is 12.8. The molecule has 5 nitrogen and oxygen atoms in total. The number of H-pyrrole nitrogens is 2. The monoisotopic (exact) mass is 313 g/mol. The SMILES string of the molecule is CCSc1ccccc1C(=O)Nc1ccc2[nH]c(=O)[nH]c2c1. The van der Waals surface area contributed by atoms with Crippen LogP contribution in [0.5, 0.6) is 0 Å². The molecule has 1 aromatic heterocycles. The second-order valence-corrected chi connectivity index (χ2v) is 6.03. The minimum atomic E-state index is -0.261. The van der Waals surface area contributed by atoms with Crippen LogP contribution in [0.3, 0.4) is 0 Å². The molecule has 22 heavy (non-hydrogen) atoms. The van der Waals surface area contributed by atoms with Crippen molar-refractivity contribution in [2.45, 2.75) is 11.8 Å². The summed E-state index contributed by atoms with van der Waals surface area (Å²) in [5, 5.41) is 2.87. The van der Waals surface area contributed by atoms with Gasteiger partial charge in [-0.25, -0.2) is 4.79 Å². The molecule has 0 bridgehead atoms. The normalized spacial score (nSPS) is 10.8. The van der Waals surface area contributed by atoms with Gasteiger partial charge in [-0.1, -0.05) is 19.1 Å². The van der Waals surface area contributed by atoms with Gasteiger partial charge in [0.25, 0.3) is 5.91 Å². The number of carbonyl (C=O) groups excluding carboxylic acids is 1. The van der Waals surface area contributed by atoms with Crippen LogP contribution >= 0.6 is 11.8 Å². The highest BCUT2D eigenvalue weighted by molar-refractivity contribution is 7.99. The first-order chi connectivity index (χ1) is 10.7. The lowest BCUT2D eigenvalue weighted by Crippen LogP contribution is -2.12. The number of aromatic amines is 2. The van der Waals surface area contributed by atoms with Gasteiger partial charge in [0.05, 0.1) is 16.6 Å². The molecule has 3 rings (SSSR count). The standard InChI is InChI=1S/C16H15N3O2S/c1-2-22-14-6-4-3-5-11(14)15(20)17-10-7-8-12-13(9-10)19-16(21)18-12/h3-9H,2H2,1H3,(H,17,20)(H2,18,19,21). The van der Waals surface area contributed by atoms with Crippen molar-refractivity contribution in [2.75, 3.05) is 11.1 Å².